The van der Waals surface area contributed by atoms with E-state index in [-0.39, 0.29) is 6.61 Å². The molecular weight excluding hydrogens is 186 g/mol. The van der Waals surface area contributed by atoms with E-state index in [1.807, 2.05) is 0 Å². The molecule has 0 aliphatic heterocycles. The van der Waals surface area contributed by atoms with E-state index in [0.717, 1.165) is 0 Å². The molecule has 0 fully saturated rings. The molecule has 0 bridgehead atoms. The maximum atomic E-state index is 7.26. The predicted octanol–water partition coefficient (Wildman–Crippen LogP) is 2.92. The summed E-state index contributed by atoms with van der Waals surface area (Å²) >= 11 is 5.69. The zero-order valence-corrected chi connectivity index (χ0v) is 7.84. The highest BCUT2D eigenvalue weighted by molar-refractivity contribution is 6.30. The number of ether oxygens (including phenoxy) is 1. The van der Waals surface area contributed by atoms with Crippen LogP contribution in [0.2, 0.25) is 5.02 Å². The smallest absolute Gasteiger partial charge is 0.129 e. The van der Waals surface area contributed by atoms with Gasteiger partial charge in [-0.05, 0) is 30.3 Å². The highest BCUT2D eigenvalue weighted by Gasteiger charge is 1.94. The average molecular weight is 196 g/mol. The molecule has 0 radical (unpaired) electrons. The third kappa shape index (κ3) is 3.30. The Bertz CT molecular complexity index is 305. The van der Waals surface area contributed by atoms with Gasteiger partial charge in [0.25, 0.3) is 0 Å². The van der Waals surface area contributed by atoms with Crippen LogP contribution in [0.1, 0.15) is 0 Å². The molecule has 1 aromatic rings. The zero-order valence-electron chi connectivity index (χ0n) is 7.09. The molecule has 0 atom stereocenters. The Labute approximate surface area is 82.3 Å². The van der Waals surface area contributed by atoms with Crippen molar-refractivity contribution in [3.8, 4) is 5.75 Å². The van der Waals surface area contributed by atoms with Crippen molar-refractivity contribution in [2.75, 3.05) is 6.61 Å². The summed E-state index contributed by atoms with van der Waals surface area (Å²) in [5.41, 5.74) is 0.356. The van der Waals surface area contributed by atoms with Gasteiger partial charge in [0.1, 0.15) is 12.4 Å². The van der Waals surface area contributed by atoms with Crippen molar-refractivity contribution >= 4 is 17.3 Å². The quantitative estimate of drug-likeness (QED) is 0.737. The molecule has 0 saturated heterocycles. The topological polar surface area (TPSA) is 33.1 Å². The van der Waals surface area contributed by atoms with E-state index in [9.17, 15) is 0 Å². The van der Waals surface area contributed by atoms with Crippen molar-refractivity contribution in [2.45, 2.75) is 0 Å². The molecule has 2 nitrogen and oxygen atoms in total. The van der Waals surface area contributed by atoms with Crippen molar-refractivity contribution < 1.29 is 4.74 Å². The second-order valence-electron chi connectivity index (χ2n) is 2.47. The molecule has 0 heterocycles. The SMILES string of the molecule is C=CC(=N)COc1ccc(Cl)cc1. The van der Waals surface area contributed by atoms with E-state index in [4.69, 9.17) is 21.7 Å². The first kappa shape index (κ1) is 9.81. The summed E-state index contributed by atoms with van der Waals surface area (Å²) in [4.78, 5) is 0. The number of halogens is 1. The monoisotopic (exact) mass is 195 g/mol. The number of hydrogen-bond donors (Lipinski definition) is 1. The van der Waals surface area contributed by atoms with Gasteiger partial charge in [-0.3, -0.25) is 0 Å². The minimum atomic E-state index is 0.241. The fraction of sp³-hybridized carbons (Fsp3) is 0.100. The molecule has 1 rings (SSSR count). The van der Waals surface area contributed by atoms with Gasteiger partial charge in [-0.1, -0.05) is 18.2 Å². The lowest BCUT2D eigenvalue weighted by atomic mass is 10.3. The molecule has 0 aromatic heterocycles. The number of hydrogen-bond acceptors (Lipinski definition) is 2. The first-order valence-corrected chi connectivity index (χ1v) is 4.18. The molecule has 0 unspecified atom stereocenters. The Balaban J connectivity index is 2.50. The number of nitrogens with one attached hydrogen (secondary N) is 1. The lowest BCUT2D eigenvalue weighted by Gasteiger charge is -2.04. The molecule has 3 heteroatoms. The maximum absolute atomic E-state index is 7.26. The van der Waals surface area contributed by atoms with Crippen LogP contribution < -0.4 is 4.74 Å². The lowest BCUT2D eigenvalue weighted by molar-refractivity contribution is 0.376. The van der Waals surface area contributed by atoms with Crippen LogP contribution in [0.5, 0.6) is 5.75 Å². The van der Waals surface area contributed by atoms with E-state index >= 15 is 0 Å². The summed E-state index contributed by atoms with van der Waals surface area (Å²) < 4.78 is 5.26. The van der Waals surface area contributed by atoms with E-state index in [0.29, 0.717) is 16.5 Å². The van der Waals surface area contributed by atoms with Gasteiger partial charge >= 0.3 is 0 Å². The van der Waals surface area contributed by atoms with Gasteiger partial charge in [-0.25, -0.2) is 0 Å². The van der Waals surface area contributed by atoms with Crippen molar-refractivity contribution in [1.29, 1.82) is 5.41 Å². The van der Waals surface area contributed by atoms with Crippen LogP contribution in [-0.4, -0.2) is 12.3 Å². The largest absolute Gasteiger partial charge is 0.487 e. The lowest BCUT2D eigenvalue weighted by Crippen LogP contribution is -2.06. The van der Waals surface area contributed by atoms with Crippen LogP contribution in [0.15, 0.2) is 36.9 Å². The summed E-state index contributed by atoms with van der Waals surface area (Å²) in [6, 6.07) is 7.01. The molecule has 1 aromatic carbocycles. The third-order valence-corrected chi connectivity index (χ3v) is 1.71. The van der Waals surface area contributed by atoms with Crippen LogP contribution in [0, 0.1) is 5.41 Å². The van der Waals surface area contributed by atoms with Gasteiger partial charge in [0.15, 0.2) is 0 Å². The van der Waals surface area contributed by atoms with Crippen LogP contribution in [0.25, 0.3) is 0 Å². The Morgan fingerprint density at radius 2 is 2.08 bits per heavy atom. The molecule has 0 aliphatic carbocycles. The van der Waals surface area contributed by atoms with Gasteiger partial charge in [0, 0.05) is 5.02 Å². The van der Waals surface area contributed by atoms with Crippen molar-refractivity contribution in [3.63, 3.8) is 0 Å². The van der Waals surface area contributed by atoms with Gasteiger partial charge in [-0.15, -0.1) is 0 Å². The molecule has 0 amide bonds. The second kappa shape index (κ2) is 4.67. The van der Waals surface area contributed by atoms with Crippen molar-refractivity contribution in [3.05, 3.63) is 41.9 Å². The molecule has 0 saturated carbocycles. The first-order chi connectivity index (χ1) is 6.22. The maximum Gasteiger partial charge on any atom is 0.129 e. The van der Waals surface area contributed by atoms with E-state index in [1.54, 1.807) is 24.3 Å². The standard InChI is InChI=1S/C10H10ClNO/c1-2-9(12)7-13-10-5-3-8(11)4-6-10/h2-6,12H,1,7H2. The highest BCUT2D eigenvalue weighted by Crippen LogP contribution is 2.15. The van der Waals surface area contributed by atoms with Gasteiger partial charge in [-0.2, -0.15) is 0 Å². The molecule has 0 aliphatic rings. The Morgan fingerprint density at radius 3 is 2.62 bits per heavy atom. The van der Waals surface area contributed by atoms with Crippen LogP contribution in [0.3, 0.4) is 0 Å². The van der Waals surface area contributed by atoms with E-state index in [1.165, 1.54) is 6.08 Å². The predicted molar refractivity (Wildman–Crippen MR) is 54.9 cm³/mol. The summed E-state index contributed by atoms with van der Waals surface area (Å²) in [6.45, 7) is 3.70. The molecule has 1 N–H and O–H groups in total. The van der Waals surface area contributed by atoms with Gasteiger partial charge < -0.3 is 10.1 Å². The normalized spacial score (nSPS) is 9.31. The Morgan fingerprint density at radius 1 is 1.46 bits per heavy atom. The summed E-state index contributed by atoms with van der Waals surface area (Å²) in [6.07, 6.45) is 1.45. The molecule has 13 heavy (non-hydrogen) atoms. The summed E-state index contributed by atoms with van der Waals surface area (Å²) in [7, 11) is 0. The van der Waals surface area contributed by atoms with Crippen molar-refractivity contribution in [1.82, 2.24) is 0 Å². The van der Waals surface area contributed by atoms with Crippen LogP contribution >= 0.6 is 11.6 Å². The molecular formula is C10H10ClNO. The molecule has 68 valence electrons. The number of benzene rings is 1. The zero-order chi connectivity index (χ0) is 9.68. The molecule has 0 spiro atoms. The van der Waals surface area contributed by atoms with Crippen LogP contribution in [0.4, 0.5) is 0 Å². The fourth-order valence-corrected chi connectivity index (χ4v) is 0.877. The second-order valence-corrected chi connectivity index (χ2v) is 2.91. The Hall–Kier alpha value is -1.28. The van der Waals surface area contributed by atoms with Gasteiger partial charge in [0.2, 0.25) is 0 Å². The fourth-order valence-electron chi connectivity index (χ4n) is 0.751. The highest BCUT2D eigenvalue weighted by atomic mass is 35.5. The summed E-state index contributed by atoms with van der Waals surface area (Å²) in [5, 5.41) is 7.93. The third-order valence-electron chi connectivity index (χ3n) is 1.45. The summed E-state index contributed by atoms with van der Waals surface area (Å²) in [5.74, 6) is 0.705. The minimum absolute atomic E-state index is 0.241. The number of rotatable bonds is 4. The van der Waals surface area contributed by atoms with E-state index < -0.39 is 0 Å². The first-order valence-electron chi connectivity index (χ1n) is 3.80. The average Bonchev–Trinajstić information content (AvgIpc) is 2.16. The van der Waals surface area contributed by atoms with Gasteiger partial charge in [0.05, 0.1) is 5.71 Å². The van der Waals surface area contributed by atoms with E-state index in [2.05, 4.69) is 6.58 Å². The minimum Gasteiger partial charge on any atom is -0.487 e. The van der Waals surface area contributed by atoms with Crippen molar-refractivity contribution in [2.24, 2.45) is 0 Å². The van der Waals surface area contributed by atoms with Crippen LogP contribution in [-0.2, 0) is 0 Å². The Kier molecular flexibility index (Phi) is 3.53.